The number of aromatic amines is 2. The van der Waals surface area contributed by atoms with Gasteiger partial charge in [0, 0.05) is 75.2 Å². The first kappa shape index (κ1) is 43.0. The molecule has 2 aromatic heterocycles. The molecule has 3 aromatic carbocycles. The molecule has 0 atom stereocenters. The zero-order valence-electron chi connectivity index (χ0n) is 33.4. The summed E-state index contributed by atoms with van der Waals surface area (Å²) in [6.45, 7) is 5.41. The highest BCUT2D eigenvalue weighted by Crippen LogP contribution is 2.43. The fourth-order valence-corrected chi connectivity index (χ4v) is 6.91. The van der Waals surface area contributed by atoms with Gasteiger partial charge in [-0.3, -0.25) is 19.6 Å². The van der Waals surface area contributed by atoms with E-state index in [1.165, 1.54) is 42.7 Å². The van der Waals surface area contributed by atoms with Gasteiger partial charge in [0.25, 0.3) is 11.1 Å². The van der Waals surface area contributed by atoms with Gasteiger partial charge < -0.3 is 58.8 Å². The number of likely N-dealkylation sites (N-methyl/N-ethyl adjacent to an activating group) is 1. The maximum absolute atomic E-state index is 12.9. The van der Waals surface area contributed by atoms with Crippen molar-refractivity contribution in [3.8, 4) is 34.5 Å². The Morgan fingerprint density at radius 3 is 1.52 bits per heavy atom. The van der Waals surface area contributed by atoms with E-state index in [-0.39, 0.29) is 33.8 Å². The molecule has 0 radical (unpaired) electrons. The van der Waals surface area contributed by atoms with Gasteiger partial charge >= 0.3 is 6.03 Å². The number of methoxy groups -OCH3 is 6. The van der Waals surface area contributed by atoms with Crippen molar-refractivity contribution in [2.24, 2.45) is 0 Å². The monoisotopic (exact) mass is 825 g/mol. The summed E-state index contributed by atoms with van der Waals surface area (Å²) in [5.74, 6) is 3.16. The minimum atomic E-state index is -0.353. The van der Waals surface area contributed by atoms with Crippen LogP contribution in [0, 0.1) is 0 Å². The van der Waals surface area contributed by atoms with Crippen molar-refractivity contribution >= 4 is 57.0 Å². The molecule has 0 aliphatic carbocycles. The topological polar surface area (TPSA) is 220 Å². The van der Waals surface area contributed by atoms with Crippen LogP contribution < -0.4 is 54.7 Å². The lowest BCUT2D eigenvalue weighted by atomic mass is 10.2. The Hall–Kier alpha value is -6.18. The zero-order valence-corrected chi connectivity index (χ0v) is 34.1. The van der Waals surface area contributed by atoms with E-state index in [0.717, 1.165) is 26.2 Å². The molecule has 7 rings (SSSR count). The van der Waals surface area contributed by atoms with Gasteiger partial charge in [-0.2, -0.15) is 0 Å². The molecule has 2 saturated heterocycles. The van der Waals surface area contributed by atoms with Gasteiger partial charge in [-0.1, -0.05) is 17.7 Å². The molecule has 0 unspecified atom stereocenters. The summed E-state index contributed by atoms with van der Waals surface area (Å²) in [5.41, 5.74) is 0.959. The number of amides is 2. The first-order chi connectivity index (χ1) is 27.5. The van der Waals surface area contributed by atoms with Crippen molar-refractivity contribution < 1.29 is 38.7 Å². The second-order valence-electron chi connectivity index (χ2n) is 13.1. The minimum absolute atomic E-state index is 0. The number of carbonyl (C=O) groups excluding carboxylic acids is 1. The van der Waals surface area contributed by atoms with E-state index < -0.39 is 0 Å². The highest BCUT2D eigenvalue weighted by molar-refractivity contribution is 6.30. The van der Waals surface area contributed by atoms with Crippen LogP contribution in [0.1, 0.15) is 0 Å². The average Bonchev–Trinajstić information content (AvgIpc) is 3.22. The predicted molar refractivity (Wildman–Crippen MR) is 222 cm³/mol. The lowest BCUT2D eigenvalue weighted by Crippen LogP contribution is -2.50. The predicted octanol–water partition coefficient (Wildman–Crippen LogP) is 2.83. The van der Waals surface area contributed by atoms with Gasteiger partial charge in [0.05, 0.1) is 53.7 Å². The van der Waals surface area contributed by atoms with Crippen LogP contribution in [-0.4, -0.2) is 143 Å². The third-order valence-electron chi connectivity index (χ3n) is 9.72. The molecule has 312 valence electrons. The van der Waals surface area contributed by atoms with Crippen molar-refractivity contribution in [1.82, 2.24) is 29.7 Å². The van der Waals surface area contributed by atoms with Gasteiger partial charge in [-0.25, -0.2) is 14.8 Å². The molecule has 2 aliphatic heterocycles. The fraction of sp³-hybridized carbons (Fsp3) is 0.395. The lowest BCUT2D eigenvalue weighted by Gasteiger charge is -2.35. The Morgan fingerprint density at radius 1 is 0.655 bits per heavy atom. The molecule has 20 heteroatoms. The normalized spacial score (nSPS) is 14.2. The number of urea groups is 1. The van der Waals surface area contributed by atoms with Crippen LogP contribution in [0.3, 0.4) is 0 Å². The number of piperazine rings is 2. The highest BCUT2D eigenvalue weighted by Gasteiger charge is 2.26. The van der Waals surface area contributed by atoms with Gasteiger partial charge in [0.15, 0.2) is 23.0 Å². The SMILES string of the molecule is COc1cc2nc(N3CCN(C(=O)Nc4cccc(Cl)c4)CC3)[nH]c(=O)c2c(OC)c1OC.COc1cc2nc(N3CCN(C)CC3)[nH]c(=O)c2c(OC)c1OC.O. The Labute approximate surface area is 338 Å². The maximum atomic E-state index is 12.9. The first-order valence-electron chi connectivity index (χ1n) is 18.0. The highest BCUT2D eigenvalue weighted by atomic mass is 35.5. The summed E-state index contributed by atoms with van der Waals surface area (Å²) in [5, 5.41) is 4.03. The summed E-state index contributed by atoms with van der Waals surface area (Å²) < 4.78 is 32.2. The number of aromatic nitrogens is 4. The molecule has 2 amide bonds. The van der Waals surface area contributed by atoms with Crippen LogP contribution in [0.25, 0.3) is 21.8 Å². The summed E-state index contributed by atoms with van der Waals surface area (Å²) in [6.07, 6.45) is 0. The third-order valence-corrected chi connectivity index (χ3v) is 9.96. The second-order valence-corrected chi connectivity index (χ2v) is 13.5. The first-order valence-corrected chi connectivity index (χ1v) is 18.4. The summed E-state index contributed by atoms with van der Waals surface area (Å²) in [7, 11) is 11.1. The van der Waals surface area contributed by atoms with E-state index in [2.05, 4.69) is 42.1 Å². The molecular formula is C38H48ClN9O10. The zero-order chi connectivity index (χ0) is 40.8. The van der Waals surface area contributed by atoms with E-state index in [1.807, 2.05) is 4.90 Å². The van der Waals surface area contributed by atoms with Crippen molar-refractivity contribution in [2.45, 2.75) is 0 Å². The molecule has 0 spiro atoms. The molecular weight excluding hydrogens is 778 g/mol. The summed E-state index contributed by atoms with van der Waals surface area (Å²) in [4.78, 5) is 61.0. The third kappa shape index (κ3) is 8.85. The average molecular weight is 826 g/mol. The lowest BCUT2D eigenvalue weighted by molar-refractivity contribution is 0.208. The molecule has 19 nitrogen and oxygen atoms in total. The van der Waals surface area contributed by atoms with Crippen LogP contribution >= 0.6 is 11.6 Å². The van der Waals surface area contributed by atoms with Crippen LogP contribution in [0.5, 0.6) is 34.5 Å². The quantitative estimate of drug-likeness (QED) is 0.195. The molecule has 0 bridgehead atoms. The Kier molecular flexibility index (Phi) is 14.0. The molecule has 0 saturated carbocycles. The number of carbonyl (C=O) groups is 1. The van der Waals surface area contributed by atoms with Crippen molar-refractivity contribution in [1.29, 1.82) is 0 Å². The van der Waals surface area contributed by atoms with E-state index >= 15 is 0 Å². The molecule has 58 heavy (non-hydrogen) atoms. The summed E-state index contributed by atoms with van der Waals surface area (Å²) >= 11 is 5.98. The molecule has 4 heterocycles. The summed E-state index contributed by atoms with van der Waals surface area (Å²) in [6, 6.07) is 10.1. The second kappa shape index (κ2) is 18.8. The van der Waals surface area contributed by atoms with Crippen molar-refractivity contribution in [3.63, 3.8) is 0 Å². The molecule has 5 N–H and O–H groups in total. The number of ether oxygens (including phenoxy) is 6. The van der Waals surface area contributed by atoms with Gasteiger partial charge in [0.2, 0.25) is 23.4 Å². The minimum Gasteiger partial charge on any atom is -0.493 e. The number of hydrogen-bond donors (Lipinski definition) is 3. The largest absolute Gasteiger partial charge is 0.493 e. The standard InChI is InChI=1S/C22H24ClN5O5.C16H22N4O4.H2O/c1-31-16-12-15-17(19(33-3)18(16)32-2)20(29)26-21(25-15)27-7-9-28(10-8-27)22(30)24-14-6-4-5-13(23)11-14;1-19-5-7-20(8-6-19)16-17-10-9-11(22-2)13(23-3)14(24-4)12(10)15(21)18-16;/h4-6,11-12H,7-10H2,1-3H3,(H,24,30)(H,25,26,29);9H,5-8H2,1-4H3,(H,17,18,21);1H2. The molecule has 2 aliphatic rings. The Morgan fingerprint density at radius 2 is 1.10 bits per heavy atom. The van der Waals surface area contributed by atoms with Gasteiger partial charge in [0.1, 0.15) is 10.8 Å². The van der Waals surface area contributed by atoms with Crippen LogP contribution in [0.2, 0.25) is 5.02 Å². The van der Waals surface area contributed by atoms with E-state index in [4.69, 9.17) is 40.0 Å². The Bertz CT molecular complexity index is 2360. The van der Waals surface area contributed by atoms with Gasteiger partial charge in [-0.15, -0.1) is 0 Å². The number of hydrogen-bond acceptors (Lipinski definition) is 14. The van der Waals surface area contributed by atoms with Crippen LogP contribution in [0.15, 0.2) is 46.0 Å². The van der Waals surface area contributed by atoms with Crippen LogP contribution in [0.4, 0.5) is 22.4 Å². The Balaban J connectivity index is 0.000000228. The van der Waals surface area contributed by atoms with Gasteiger partial charge in [-0.05, 0) is 25.2 Å². The number of nitrogens with zero attached hydrogens (tertiary/aromatic N) is 6. The van der Waals surface area contributed by atoms with E-state index in [1.54, 1.807) is 41.3 Å². The number of fused-ring (bicyclic) bond motifs is 2. The van der Waals surface area contributed by atoms with Crippen molar-refractivity contribution in [2.75, 3.05) is 117 Å². The number of H-pyrrole nitrogens is 2. The number of halogens is 1. The van der Waals surface area contributed by atoms with E-state index in [0.29, 0.717) is 94.0 Å². The number of rotatable bonds is 9. The van der Waals surface area contributed by atoms with E-state index in [9.17, 15) is 14.4 Å². The smallest absolute Gasteiger partial charge is 0.321 e. The fourth-order valence-electron chi connectivity index (χ4n) is 6.72. The number of benzene rings is 3. The molecule has 5 aromatic rings. The molecule has 2 fully saturated rings. The number of anilines is 3. The number of nitrogens with one attached hydrogen (secondary N) is 3. The van der Waals surface area contributed by atoms with Crippen LogP contribution in [-0.2, 0) is 0 Å². The maximum Gasteiger partial charge on any atom is 0.321 e. The van der Waals surface area contributed by atoms with Crippen molar-refractivity contribution in [3.05, 3.63) is 62.1 Å².